The van der Waals surface area contributed by atoms with Crippen LogP contribution in [0, 0.1) is 23.2 Å². The number of likely N-dealkylation sites (tertiary alicyclic amines) is 1. The van der Waals surface area contributed by atoms with Gasteiger partial charge in [0.1, 0.15) is 6.04 Å². The van der Waals surface area contributed by atoms with Crippen LogP contribution in [0.1, 0.15) is 73.3 Å². The molecule has 3 heterocycles. The van der Waals surface area contributed by atoms with E-state index in [0.717, 1.165) is 24.8 Å². The first kappa shape index (κ1) is 35.3. The molecule has 248 valence electrons. The molecule has 1 spiro atoms. The molecule has 0 aliphatic carbocycles. The highest BCUT2D eigenvalue weighted by Gasteiger charge is 2.77. The topological polar surface area (TPSA) is 81.2 Å². The number of fused-ring (bicyclic) bond motifs is 1. The molecular weight excluding hydrogens is 582 g/mol. The Morgan fingerprint density at radius 2 is 1.76 bits per heavy atom. The third-order valence-corrected chi connectivity index (χ3v) is 12.1. The number of carbonyl (C=O) groups excluding carboxylic acids is 3. The minimum Gasteiger partial charge on any atom is -0.394 e. The number of thioether (sulfide) groups is 1. The summed E-state index contributed by atoms with van der Waals surface area (Å²) >= 11 is 1.69. The number of carbonyl (C=O) groups is 3. The Labute approximate surface area is 275 Å². The summed E-state index contributed by atoms with van der Waals surface area (Å²) < 4.78 is -0.771. The zero-order valence-electron chi connectivity index (χ0n) is 28.5. The number of aliphatic hydroxyl groups excluding tert-OH is 1. The summed E-state index contributed by atoms with van der Waals surface area (Å²) in [6.45, 7) is 23.9. The molecule has 3 amide bonds. The van der Waals surface area contributed by atoms with Crippen LogP contribution in [0.15, 0.2) is 55.6 Å². The smallest absolute Gasteiger partial charge is 0.247 e. The Morgan fingerprint density at radius 1 is 1.11 bits per heavy atom. The van der Waals surface area contributed by atoms with Crippen molar-refractivity contribution in [3.63, 3.8) is 0 Å². The number of nitrogens with zero attached hydrogens (tertiary/aromatic N) is 3. The summed E-state index contributed by atoms with van der Waals surface area (Å²) in [6.07, 6.45) is 6.25. The molecule has 2 bridgehead atoms. The number of rotatable bonds is 14. The Bertz CT molecular complexity index is 1260. The first-order valence-corrected chi connectivity index (χ1v) is 17.5. The molecule has 1 N–H and O–H groups in total. The normalized spacial score (nSPS) is 28.1. The van der Waals surface area contributed by atoms with Crippen molar-refractivity contribution in [2.24, 2.45) is 23.2 Å². The van der Waals surface area contributed by atoms with Crippen molar-refractivity contribution in [3.05, 3.63) is 61.2 Å². The first-order chi connectivity index (χ1) is 21.2. The molecule has 7 atom stereocenters. The van der Waals surface area contributed by atoms with Crippen LogP contribution in [0.25, 0.3) is 0 Å². The largest absolute Gasteiger partial charge is 0.394 e. The molecule has 0 saturated carbocycles. The summed E-state index contributed by atoms with van der Waals surface area (Å²) in [4.78, 5) is 50.0. The summed E-state index contributed by atoms with van der Waals surface area (Å²) in [6, 6.07) is 8.40. The molecule has 3 aliphatic rings. The summed E-state index contributed by atoms with van der Waals surface area (Å²) in [5, 5.41) is 10.8. The van der Waals surface area contributed by atoms with Crippen molar-refractivity contribution < 1.29 is 19.5 Å². The number of hydrogen-bond donors (Lipinski definition) is 1. The molecule has 0 radical (unpaired) electrons. The zero-order chi connectivity index (χ0) is 33.3. The van der Waals surface area contributed by atoms with Gasteiger partial charge in [0.05, 0.1) is 29.2 Å². The average Bonchev–Trinajstić information content (AvgIpc) is 3.56. The SMILES string of the molecule is C=CCN(CCC)C(=O)[C@@H]1[C@H]2C(=O)N([C@@H](CO)Cc3ccccc3)C(C(=O)N(CC=C)C(C)(C)CC(C)(C)C)C23S[C@@H]1CC3C. The highest BCUT2D eigenvalue weighted by atomic mass is 32.2. The number of amides is 3. The van der Waals surface area contributed by atoms with Gasteiger partial charge in [-0.1, -0.05) is 77.1 Å². The molecule has 0 aromatic heterocycles. The third-order valence-electron chi connectivity index (χ3n) is 10.0. The Balaban J connectivity index is 1.87. The van der Waals surface area contributed by atoms with Gasteiger partial charge in [-0.15, -0.1) is 24.9 Å². The molecule has 45 heavy (non-hydrogen) atoms. The van der Waals surface area contributed by atoms with E-state index >= 15 is 4.79 Å². The second-order valence-corrected chi connectivity index (χ2v) is 16.7. The molecule has 7 nitrogen and oxygen atoms in total. The first-order valence-electron chi connectivity index (χ1n) is 16.6. The van der Waals surface area contributed by atoms with Crippen LogP contribution >= 0.6 is 11.8 Å². The van der Waals surface area contributed by atoms with E-state index in [0.29, 0.717) is 26.1 Å². The van der Waals surface area contributed by atoms with E-state index in [2.05, 4.69) is 54.7 Å². The van der Waals surface area contributed by atoms with E-state index in [1.54, 1.807) is 28.8 Å². The Kier molecular flexibility index (Phi) is 10.7. The second kappa shape index (κ2) is 13.6. The standard InChI is InChI=1S/C37H55N3O4S/c1-10-18-38(19-11-2)32(42)29-28-21-25(4)37(45-28)30(29)33(43)40(27(23-41)22-26-16-14-13-15-17-26)31(37)34(44)39(20-12-3)36(8,9)24-35(5,6)7/h10,12-17,25,27-31,41H,1,3,11,18-24H2,2,4-9H3/t25?,27-,28-,29+,30+,31?,37?/m1/s1. The van der Waals surface area contributed by atoms with Crippen LogP contribution in [-0.4, -0.2) is 91.4 Å². The minimum absolute atomic E-state index is 0.0194. The van der Waals surface area contributed by atoms with Gasteiger partial charge in [0.25, 0.3) is 0 Å². The number of hydrogen-bond acceptors (Lipinski definition) is 5. The highest BCUT2D eigenvalue weighted by molar-refractivity contribution is 8.02. The maximum atomic E-state index is 15.3. The minimum atomic E-state index is -0.808. The van der Waals surface area contributed by atoms with Crippen molar-refractivity contribution in [1.29, 1.82) is 0 Å². The Hall–Kier alpha value is -2.58. The highest BCUT2D eigenvalue weighted by Crippen LogP contribution is 2.69. The van der Waals surface area contributed by atoms with E-state index in [1.165, 1.54) is 0 Å². The predicted molar refractivity (Wildman–Crippen MR) is 184 cm³/mol. The predicted octanol–water partition coefficient (Wildman–Crippen LogP) is 5.58. The number of benzene rings is 1. The van der Waals surface area contributed by atoms with E-state index < -0.39 is 34.2 Å². The molecule has 4 rings (SSSR count). The van der Waals surface area contributed by atoms with Gasteiger partial charge >= 0.3 is 0 Å². The maximum absolute atomic E-state index is 15.3. The van der Waals surface area contributed by atoms with Crippen LogP contribution in [0.2, 0.25) is 0 Å². The quantitative estimate of drug-likeness (QED) is 0.270. The van der Waals surface area contributed by atoms with Crippen molar-refractivity contribution in [3.8, 4) is 0 Å². The van der Waals surface area contributed by atoms with Crippen LogP contribution in [0.3, 0.4) is 0 Å². The molecule has 8 heteroatoms. The van der Waals surface area contributed by atoms with Gasteiger partial charge in [-0.25, -0.2) is 0 Å². The van der Waals surface area contributed by atoms with Crippen molar-refractivity contribution in [2.45, 2.75) is 102 Å². The van der Waals surface area contributed by atoms with Gasteiger partial charge in [0.2, 0.25) is 17.7 Å². The van der Waals surface area contributed by atoms with Crippen molar-refractivity contribution in [1.82, 2.24) is 14.7 Å². The van der Waals surface area contributed by atoms with E-state index in [4.69, 9.17) is 0 Å². The maximum Gasteiger partial charge on any atom is 0.247 e. The van der Waals surface area contributed by atoms with Crippen LogP contribution in [0.5, 0.6) is 0 Å². The lowest BCUT2D eigenvalue weighted by Gasteiger charge is -2.47. The average molecular weight is 638 g/mol. The summed E-state index contributed by atoms with van der Waals surface area (Å²) in [5.41, 5.74) is 0.414. The van der Waals surface area contributed by atoms with Gasteiger partial charge in [0.15, 0.2) is 0 Å². The van der Waals surface area contributed by atoms with Crippen LogP contribution in [-0.2, 0) is 20.8 Å². The summed E-state index contributed by atoms with van der Waals surface area (Å²) in [7, 11) is 0. The lowest BCUT2D eigenvalue weighted by molar-refractivity contribution is -0.149. The van der Waals surface area contributed by atoms with Gasteiger partial charge in [-0.05, 0) is 56.4 Å². The molecule has 3 fully saturated rings. The zero-order valence-corrected chi connectivity index (χ0v) is 29.3. The Morgan fingerprint density at radius 3 is 2.31 bits per heavy atom. The monoisotopic (exact) mass is 637 g/mol. The fourth-order valence-corrected chi connectivity index (χ4v) is 11.2. The fraction of sp³-hybridized carbons (Fsp3) is 0.649. The molecule has 1 aromatic rings. The van der Waals surface area contributed by atoms with Crippen LogP contribution < -0.4 is 0 Å². The lowest BCUT2D eigenvalue weighted by Crippen LogP contribution is -2.63. The molecule has 3 unspecified atom stereocenters. The van der Waals surface area contributed by atoms with Gasteiger partial charge in [-0.3, -0.25) is 14.4 Å². The fourth-order valence-electron chi connectivity index (χ4n) is 8.78. The van der Waals surface area contributed by atoms with Crippen molar-refractivity contribution >= 4 is 29.5 Å². The third kappa shape index (κ3) is 6.51. The second-order valence-electron chi connectivity index (χ2n) is 15.2. The van der Waals surface area contributed by atoms with E-state index in [1.807, 2.05) is 47.1 Å². The van der Waals surface area contributed by atoms with Gasteiger partial charge < -0.3 is 19.8 Å². The van der Waals surface area contributed by atoms with Crippen molar-refractivity contribution in [2.75, 3.05) is 26.2 Å². The lowest BCUT2D eigenvalue weighted by atomic mass is 9.65. The van der Waals surface area contributed by atoms with Crippen LogP contribution in [0.4, 0.5) is 0 Å². The number of aliphatic hydroxyl groups is 1. The van der Waals surface area contributed by atoms with Gasteiger partial charge in [0, 0.05) is 30.4 Å². The molecular formula is C37H55N3O4S. The molecule has 3 aliphatic heterocycles. The van der Waals surface area contributed by atoms with E-state index in [9.17, 15) is 14.7 Å². The van der Waals surface area contributed by atoms with E-state index in [-0.39, 0.29) is 40.9 Å². The molecule has 3 saturated heterocycles. The van der Waals surface area contributed by atoms with Gasteiger partial charge in [-0.2, -0.15) is 0 Å². The molecule has 1 aromatic carbocycles. The summed E-state index contributed by atoms with van der Waals surface area (Å²) in [5.74, 6) is -1.42.